The van der Waals surface area contributed by atoms with Crippen LogP contribution in [0.15, 0.2) is 84.9 Å². The van der Waals surface area contributed by atoms with E-state index in [4.69, 9.17) is 9.47 Å². The Hall–Kier alpha value is -7.03. The molecular formula is C51H58N6O9. The van der Waals surface area contributed by atoms with Crippen LogP contribution >= 0.6 is 0 Å². The molecule has 3 N–H and O–H groups in total. The van der Waals surface area contributed by atoms with Crippen molar-refractivity contribution in [3.8, 4) is 0 Å². The molecule has 0 unspecified atom stereocenters. The average molecular weight is 899 g/mol. The van der Waals surface area contributed by atoms with Gasteiger partial charge in [0.15, 0.2) is 0 Å². The van der Waals surface area contributed by atoms with Gasteiger partial charge < -0.3 is 35.2 Å². The number of amides is 6. The Balaban J connectivity index is 0.984. The van der Waals surface area contributed by atoms with Gasteiger partial charge in [-0.05, 0) is 139 Å². The van der Waals surface area contributed by atoms with E-state index in [9.17, 15) is 33.6 Å². The summed E-state index contributed by atoms with van der Waals surface area (Å²) < 4.78 is 11.0. The van der Waals surface area contributed by atoms with Gasteiger partial charge in [0.25, 0.3) is 11.8 Å². The van der Waals surface area contributed by atoms with Crippen LogP contribution in [0, 0.1) is 20.8 Å². The Morgan fingerprint density at radius 1 is 0.545 bits per heavy atom. The van der Waals surface area contributed by atoms with Gasteiger partial charge in [-0.25, -0.2) is 9.59 Å². The number of carbonyl (C=O) groups excluding carboxylic acids is 7. The average Bonchev–Trinajstić information content (AvgIpc) is 4.09. The van der Waals surface area contributed by atoms with E-state index in [-0.39, 0.29) is 41.4 Å². The molecular weight excluding hydrogens is 841 g/mol. The van der Waals surface area contributed by atoms with E-state index < -0.39 is 41.7 Å². The van der Waals surface area contributed by atoms with E-state index in [2.05, 4.69) is 16.0 Å². The first-order chi connectivity index (χ1) is 31.5. The van der Waals surface area contributed by atoms with E-state index in [1.165, 1.54) is 14.7 Å². The number of esters is 1. The van der Waals surface area contributed by atoms with Crippen molar-refractivity contribution < 1.29 is 43.0 Å². The number of likely N-dealkylation sites (tertiary alicyclic amines) is 3. The summed E-state index contributed by atoms with van der Waals surface area (Å²) in [5, 5.41) is 8.82. The molecule has 3 atom stereocenters. The zero-order chi connectivity index (χ0) is 47.3. The van der Waals surface area contributed by atoms with Gasteiger partial charge in [-0.2, -0.15) is 0 Å². The third kappa shape index (κ3) is 10.9. The van der Waals surface area contributed by atoms with Crippen molar-refractivity contribution in [3.05, 3.63) is 124 Å². The molecule has 3 heterocycles. The number of benzene rings is 4. The van der Waals surface area contributed by atoms with Gasteiger partial charge in [-0.3, -0.25) is 28.9 Å². The predicted octanol–water partition coefficient (Wildman–Crippen LogP) is 7.79. The summed E-state index contributed by atoms with van der Waals surface area (Å²) in [6, 6.07) is 22.0. The smallest absolute Gasteiger partial charge is 0.410 e. The van der Waals surface area contributed by atoms with Crippen LogP contribution in [0.5, 0.6) is 0 Å². The maximum atomic E-state index is 14.1. The summed E-state index contributed by atoms with van der Waals surface area (Å²) in [7, 11) is 0. The maximum absolute atomic E-state index is 14.1. The van der Waals surface area contributed by atoms with Gasteiger partial charge in [0, 0.05) is 47.8 Å². The summed E-state index contributed by atoms with van der Waals surface area (Å²) in [6.45, 7) is 12.0. The number of hydrogen-bond acceptors (Lipinski definition) is 9. The zero-order valence-electron chi connectivity index (χ0n) is 38.4. The summed E-state index contributed by atoms with van der Waals surface area (Å²) in [4.78, 5) is 99.6. The van der Waals surface area contributed by atoms with Crippen molar-refractivity contribution in [2.24, 2.45) is 0 Å². The van der Waals surface area contributed by atoms with E-state index >= 15 is 0 Å². The first-order valence-corrected chi connectivity index (χ1v) is 22.5. The standard InChI is InChI=1S/C51H58N6O9/c1-31-18-21-35(47(61)56-25-11-16-42(56)45(59)54-40-29-37(23-20-33(40)3)49(63)65-30-34-13-8-7-9-14-34)27-38(31)52-44(58)41-15-10-24-55(41)48(62)36-22-19-32(2)39(28-36)53-46(60)43-17-12-26-57(43)50(64)66-51(4,5)6/h7-9,13-14,18-23,27-29,41-43H,10-12,15-17,24-26,30H2,1-6H3,(H,52,58)(H,53,60)(H,54,59)/t41-,42-,43-/m0/s1. The van der Waals surface area contributed by atoms with Crippen molar-refractivity contribution in [1.82, 2.24) is 14.7 Å². The summed E-state index contributed by atoms with van der Waals surface area (Å²) in [5.41, 5.74) is 4.45. The van der Waals surface area contributed by atoms with Crippen molar-refractivity contribution in [3.63, 3.8) is 0 Å². The number of nitrogens with zero attached hydrogens (tertiary/aromatic N) is 3. The molecule has 15 heteroatoms. The normalized spacial score (nSPS) is 18.2. The van der Waals surface area contributed by atoms with Gasteiger partial charge in [0.1, 0.15) is 30.3 Å². The van der Waals surface area contributed by atoms with Crippen molar-refractivity contribution in [2.75, 3.05) is 35.6 Å². The van der Waals surface area contributed by atoms with Crippen molar-refractivity contribution in [2.45, 2.75) is 110 Å². The lowest BCUT2D eigenvalue weighted by molar-refractivity contribution is -0.120. The molecule has 3 fully saturated rings. The van der Waals surface area contributed by atoms with Crippen LogP contribution in [0.3, 0.4) is 0 Å². The van der Waals surface area contributed by atoms with Gasteiger partial charge in [0.05, 0.1) is 5.56 Å². The number of rotatable bonds is 11. The number of aryl methyl sites for hydroxylation is 3. The third-order valence-electron chi connectivity index (χ3n) is 12.2. The fraction of sp³-hybridized carbons (Fsp3) is 0.392. The number of nitrogens with one attached hydrogen (secondary N) is 3. The first-order valence-electron chi connectivity index (χ1n) is 22.5. The molecule has 346 valence electrons. The highest BCUT2D eigenvalue weighted by Gasteiger charge is 2.39. The minimum Gasteiger partial charge on any atom is -0.457 e. The molecule has 3 aliphatic heterocycles. The van der Waals surface area contributed by atoms with Gasteiger partial charge in [-0.1, -0.05) is 48.5 Å². The molecule has 0 aromatic heterocycles. The highest BCUT2D eigenvalue weighted by Crippen LogP contribution is 2.29. The molecule has 66 heavy (non-hydrogen) atoms. The third-order valence-corrected chi connectivity index (χ3v) is 12.2. The minimum atomic E-state index is -0.796. The van der Waals surface area contributed by atoms with Crippen molar-refractivity contribution in [1.29, 1.82) is 0 Å². The largest absolute Gasteiger partial charge is 0.457 e. The molecule has 15 nitrogen and oxygen atoms in total. The molecule has 4 aromatic carbocycles. The topological polar surface area (TPSA) is 184 Å². The Morgan fingerprint density at radius 3 is 1.38 bits per heavy atom. The fourth-order valence-electron chi connectivity index (χ4n) is 8.59. The Kier molecular flexibility index (Phi) is 14.2. The Labute approximate surface area is 385 Å². The van der Waals surface area contributed by atoms with Crippen LogP contribution in [0.25, 0.3) is 0 Å². The highest BCUT2D eigenvalue weighted by atomic mass is 16.6. The number of carbonyl (C=O) groups is 7. The lowest BCUT2D eigenvalue weighted by Crippen LogP contribution is -2.45. The molecule has 0 bridgehead atoms. The van der Waals surface area contributed by atoms with Gasteiger partial charge >= 0.3 is 12.1 Å². The van der Waals surface area contributed by atoms with Crippen LogP contribution in [0.1, 0.15) is 113 Å². The SMILES string of the molecule is Cc1ccc(C(=O)N2CCC[C@H]2C(=O)Nc2cc(C(=O)N3CCC[C@H]3C(=O)Nc3cc(C(=O)OCc4ccccc4)ccc3C)ccc2C)cc1NC(=O)[C@@H]1CCCN1C(=O)OC(C)(C)C. The summed E-state index contributed by atoms with van der Waals surface area (Å²) >= 11 is 0. The number of ether oxygens (including phenoxy) is 2. The monoisotopic (exact) mass is 898 g/mol. The second kappa shape index (κ2) is 20.0. The second-order valence-electron chi connectivity index (χ2n) is 18.3. The van der Waals surface area contributed by atoms with Crippen LogP contribution in [-0.4, -0.2) is 99.7 Å². The van der Waals surface area contributed by atoms with Crippen molar-refractivity contribution >= 4 is 58.7 Å². The quantitative estimate of drug-likeness (QED) is 0.127. The van der Waals surface area contributed by atoms with E-state index in [0.717, 1.165) is 16.7 Å². The molecule has 7 rings (SSSR count). The molecule has 3 saturated heterocycles. The van der Waals surface area contributed by atoms with Crippen LogP contribution < -0.4 is 16.0 Å². The Bertz CT molecular complexity index is 2540. The second-order valence-corrected chi connectivity index (χ2v) is 18.3. The first kappa shape index (κ1) is 46.9. The predicted molar refractivity (Wildman–Crippen MR) is 249 cm³/mol. The van der Waals surface area contributed by atoms with Gasteiger partial charge in [0.2, 0.25) is 17.7 Å². The van der Waals surface area contributed by atoms with Crippen LogP contribution in [0.4, 0.5) is 21.9 Å². The number of anilines is 3. The minimum absolute atomic E-state index is 0.109. The van der Waals surface area contributed by atoms with Crippen LogP contribution in [0.2, 0.25) is 0 Å². The molecule has 6 amide bonds. The molecule has 0 spiro atoms. The lowest BCUT2D eigenvalue weighted by Gasteiger charge is -2.28. The molecule has 0 aliphatic carbocycles. The summed E-state index contributed by atoms with van der Waals surface area (Å²) in [6.07, 6.45) is 2.65. The lowest BCUT2D eigenvalue weighted by atomic mass is 10.1. The molecule has 0 radical (unpaired) electrons. The highest BCUT2D eigenvalue weighted by molar-refractivity contribution is 6.06. The van der Waals surface area contributed by atoms with E-state index in [1.807, 2.05) is 51.1 Å². The Morgan fingerprint density at radius 2 is 0.939 bits per heavy atom. The molecule has 4 aromatic rings. The fourth-order valence-corrected chi connectivity index (χ4v) is 8.59. The molecule has 0 saturated carbocycles. The summed E-state index contributed by atoms with van der Waals surface area (Å²) in [5.74, 6) is -2.43. The molecule has 3 aliphatic rings. The number of hydrogen-bond donors (Lipinski definition) is 3. The van der Waals surface area contributed by atoms with Crippen LogP contribution in [-0.2, 0) is 30.5 Å². The maximum Gasteiger partial charge on any atom is 0.410 e. The van der Waals surface area contributed by atoms with Gasteiger partial charge in [-0.15, -0.1) is 0 Å². The van der Waals surface area contributed by atoms with E-state index in [1.54, 1.807) is 75.4 Å². The zero-order valence-corrected chi connectivity index (χ0v) is 38.4. The van der Waals surface area contributed by atoms with E-state index in [0.29, 0.717) is 86.3 Å².